The van der Waals surface area contributed by atoms with Crippen molar-refractivity contribution in [1.29, 1.82) is 0 Å². The number of hydrogen-bond donors (Lipinski definition) is 1. The Morgan fingerprint density at radius 1 is 1.10 bits per heavy atom. The van der Waals surface area contributed by atoms with Crippen LogP contribution in [0.2, 0.25) is 5.02 Å². The van der Waals surface area contributed by atoms with Crippen LogP contribution in [0.5, 0.6) is 5.75 Å². The van der Waals surface area contributed by atoms with E-state index < -0.39 is 0 Å². The molecule has 1 aromatic heterocycles. The van der Waals surface area contributed by atoms with Gasteiger partial charge in [0.2, 0.25) is 0 Å². The predicted molar refractivity (Wildman–Crippen MR) is 129 cm³/mol. The molecule has 1 atom stereocenters. The summed E-state index contributed by atoms with van der Waals surface area (Å²) in [6.45, 7) is 4.05. The smallest absolute Gasteiger partial charge is 0.138 e. The third-order valence-corrected chi connectivity index (χ3v) is 6.48. The molecule has 4 rings (SSSR count). The third-order valence-electron chi connectivity index (χ3n) is 6.23. The molecular formula is C26H32ClN3O. The van der Waals surface area contributed by atoms with Gasteiger partial charge in [-0.25, -0.2) is 4.98 Å². The molecule has 2 heterocycles. The number of H-pyrrole nitrogens is 1. The van der Waals surface area contributed by atoms with Gasteiger partial charge in [0, 0.05) is 27.9 Å². The van der Waals surface area contributed by atoms with Gasteiger partial charge in [-0.05, 0) is 76.9 Å². The molecule has 1 aliphatic heterocycles. The molecule has 5 heteroatoms. The molecule has 164 valence electrons. The first-order chi connectivity index (χ1) is 15.1. The first-order valence-corrected chi connectivity index (χ1v) is 11.7. The summed E-state index contributed by atoms with van der Waals surface area (Å²) in [5.41, 5.74) is 4.08. The van der Waals surface area contributed by atoms with Gasteiger partial charge in [-0.1, -0.05) is 42.3 Å². The molecule has 0 spiro atoms. The van der Waals surface area contributed by atoms with Crippen LogP contribution < -0.4 is 4.74 Å². The van der Waals surface area contributed by atoms with Gasteiger partial charge >= 0.3 is 0 Å². The molecule has 0 aliphatic carbocycles. The van der Waals surface area contributed by atoms with Crippen LogP contribution in [0.4, 0.5) is 0 Å². The van der Waals surface area contributed by atoms with E-state index in [2.05, 4.69) is 29.1 Å². The Balaban J connectivity index is 1.33. The number of nitrogens with zero attached hydrogens (tertiary/aromatic N) is 2. The van der Waals surface area contributed by atoms with E-state index >= 15 is 0 Å². The minimum absolute atomic E-state index is 0.729. The van der Waals surface area contributed by atoms with E-state index in [0.29, 0.717) is 0 Å². The number of rotatable bonds is 8. The maximum atomic E-state index is 6.05. The molecule has 1 unspecified atom stereocenters. The Hall–Kier alpha value is -2.30. The Morgan fingerprint density at radius 2 is 1.94 bits per heavy atom. The van der Waals surface area contributed by atoms with Crippen molar-refractivity contribution in [2.45, 2.75) is 51.5 Å². The molecule has 3 aromatic rings. The molecule has 2 aromatic carbocycles. The highest BCUT2D eigenvalue weighted by Gasteiger charge is 2.18. The second kappa shape index (κ2) is 10.3. The van der Waals surface area contributed by atoms with Crippen LogP contribution in [0.1, 0.15) is 44.2 Å². The normalized spacial score (nSPS) is 17.1. The van der Waals surface area contributed by atoms with E-state index in [1.54, 1.807) is 0 Å². The Labute approximate surface area is 190 Å². The van der Waals surface area contributed by atoms with E-state index in [9.17, 15) is 0 Å². The number of likely N-dealkylation sites (tertiary alicyclic amines) is 1. The summed E-state index contributed by atoms with van der Waals surface area (Å²) in [7, 11) is 2.26. The zero-order chi connectivity index (χ0) is 21.6. The molecule has 0 amide bonds. The molecule has 4 nitrogen and oxygen atoms in total. The number of aromatic amines is 1. The number of unbranched alkanes of at least 4 members (excludes halogenated alkanes) is 1. The minimum atomic E-state index is 0.729. The Kier molecular flexibility index (Phi) is 7.31. The van der Waals surface area contributed by atoms with E-state index in [-0.39, 0.29) is 0 Å². The van der Waals surface area contributed by atoms with Crippen molar-refractivity contribution in [1.82, 2.24) is 14.9 Å². The van der Waals surface area contributed by atoms with Crippen molar-refractivity contribution in [2.24, 2.45) is 0 Å². The predicted octanol–water partition coefficient (Wildman–Crippen LogP) is 6.74. The van der Waals surface area contributed by atoms with Crippen molar-refractivity contribution in [3.05, 3.63) is 59.2 Å². The summed E-state index contributed by atoms with van der Waals surface area (Å²) in [4.78, 5) is 10.8. The number of piperidine rings is 1. The number of imidazole rings is 1. The quantitative estimate of drug-likeness (QED) is 0.397. The molecule has 0 saturated carbocycles. The zero-order valence-electron chi connectivity index (χ0n) is 18.5. The minimum Gasteiger partial charge on any atom is -0.494 e. The molecule has 31 heavy (non-hydrogen) atoms. The van der Waals surface area contributed by atoms with Crippen molar-refractivity contribution in [3.8, 4) is 28.4 Å². The van der Waals surface area contributed by atoms with Crippen LogP contribution >= 0.6 is 11.6 Å². The van der Waals surface area contributed by atoms with Crippen molar-refractivity contribution in [2.75, 3.05) is 20.2 Å². The van der Waals surface area contributed by atoms with Crippen LogP contribution in [0.3, 0.4) is 0 Å². The monoisotopic (exact) mass is 437 g/mol. The topological polar surface area (TPSA) is 41.1 Å². The number of hydrogen-bond acceptors (Lipinski definition) is 3. The average Bonchev–Trinajstić information content (AvgIpc) is 3.17. The highest BCUT2D eigenvalue weighted by Crippen LogP contribution is 2.28. The highest BCUT2D eigenvalue weighted by atomic mass is 35.5. The number of aryl methyl sites for hydroxylation is 1. The molecule has 1 saturated heterocycles. The maximum Gasteiger partial charge on any atom is 0.138 e. The van der Waals surface area contributed by atoms with Gasteiger partial charge < -0.3 is 14.6 Å². The number of benzene rings is 2. The highest BCUT2D eigenvalue weighted by molar-refractivity contribution is 6.30. The zero-order valence-corrected chi connectivity index (χ0v) is 19.3. The fraction of sp³-hybridized carbons (Fsp3) is 0.423. The fourth-order valence-electron chi connectivity index (χ4n) is 4.40. The standard InChI is InChI=1S/C26H32ClN3O/c1-19-25(20-12-14-22(27)15-13-20)29-26(28-19)21-8-7-11-24(18-21)31-17-6-4-10-23-9-3-5-16-30(23)2/h7-8,11-15,18,23H,3-6,9-10,16-17H2,1-2H3,(H,28,29). The lowest BCUT2D eigenvalue weighted by Gasteiger charge is -2.32. The lowest BCUT2D eigenvalue weighted by atomic mass is 9.98. The largest absolute Gasteiger partial charge is 0.494 e. The number of aromatic nitrogens is 2. The lowest BCUT2D eigenvalue weighted by Crippen LogP contribution is -2.36. The van der Waals surface area contributed by atoms with Gasteiger partial charge in [0.25, 0.3) is 0 Å². The summed E-state index contributed by atoms with van der Waals surface area (Å²) in [5.74, 6) is 1.75. The molecule has 1 aliphatic rings. The maximum absolute atomic E-state index is 6.05. The van der Waals surface area contributed by atoms with Crippen molar-refractivity contribution in [3.63, 3.8) is 0 Å². The fourth-order valence-corrected chi connectivity index (χ4v) is 4.53. The first kappa shape index (κ1) is 21.9. The molecule has 1 fully saturated rings. The van der Waals surface area contributed by atoms with E-state index in [1.165, 1.54) is 38.6 Å². The molecule has 0 radical (unpaired) electrons. The van der Waals surface area contributed by atoms with Crippen LogP contribution in [0, 0.1) is 6.92 Å². The van der Waals surface area contributed by atoms with Crippen LogP contribution in [-0.4, -0.2) is 41.1 Å². The number of nitrogens with one attached hydrogen (secondary N) is 1. The van der Waals surface area contributed by atoms with Gasteiger partial charge in [-0.2, -0.15) is 0 Å². The summed E-state index contributed by atoms with van der Waals surface area (Å²) >= 11 is 6.02. The van der Waals surface area contributed by atoms with Crippen LogP contribution in [-0.2, 0) is 0 Å². The summed E-state index contributed by atoms with van der Waals surface area (Å²) in [6.07, 6.45) is 7.66. The lowest BCUT2D eigenvalue weighted by molar-refractivity contribution is 0.170. The Morgan fingerprint density at radius 3 is 2.74 bits per heavy atom. The molecule has 0 bridgehead atoms. The van der Waals surface area contributed by atoms with Gasteiger partial charge in [0.05, 0.1) is 12.3 Å². The second-order valence-corrected chi connectivity index (χ2v) is 9.00. The first-order valence-electron chi connectivity index (χ1n) is 11.4. The number of ether oxygens (including phenoxy) is 1. The SMILES string of the molecule is Cc1[nH]c(-c2cccc(OCCCCC3CCCCN3C)c2)nc1-c1ccc(Cl)cc1. The van der Waals surface area contributed by atoms with Gasteiger partial charge in [-0.15, -0.1) is 0 Å². The average molecular weight is 438 g/mol. The van der Waals surface area contributed by atoms with E-state index in [0.717, 1.165) is 58.2 Å². The van der Waals surface area contributed by atoms with Gasteiger partial charge in [0.1, 0.15) is 11.6 Å². The second-order valence-electron chi connectivity index (χ2n) is 8.57. The number of halogens is 1. The Bertz CT molecular complexity index is 983. The molecular weight excluding hydrogens is 406 g/mol. The van der Waals surface area contributed by atoms with Gasteiger partial charge in [0.15, 0.2) is 0 Å². The van der Waals surface area contributed by atoms with Crippen LogP contribution in [0.25, 0.3) is 22.6 Å². The van der Waals surface area contributed by atoms with Crippen LogP contribution in [0.15, 0.2) is 48.5 Å². The van der Waals surface area contributed by atoms with Crippen molar-refractivity contribution >= 4 is 11.6 Å². The third kappa shape index (κ3) is 5.69. The summed E-state index contributed by atoms with van der Waals surface area (Å²) in [6, 6.07) is 16.7. The summed E-state index contributed by atoms with van der Waals surface area (Å²) < 4.78 is 6.05. The summed E-state index contributed by atoms with van der Waals surface area (Å²) in [5, 5.41) is 0.729. The van der Waals surface area contributed by atoms with Crippen molar-refractivity contribution < 1.29 is 4.74 Å². The van der Waals surface area contributed by atoms with E-state index in [1.807, 2.05) is 43.3 Å². The van der Waals surface area contributed by atoms with Gasteiger partial charge in [-0.3, -0.25) is 0 Å². The van der Waals surface area contributed by atoms with E-state index in [4.69, 9.17) is 21.3 Å². The molecule has 1 N–H and O–H groups in total.